The molecule has 2 rings (SSSR count). The lowest BCUT2D eigenvalue weighted by Gasteiger charge is -2.09. The number of anilines is 1. The van der Waals surface area contributed by atoms with Gasteiger partial charge in [-0.25, -0.2) is 0 Å². The van der Waals surface area contributed by atoms with E-state index in [1.807, 2.05) is 19.1 Å². The van der Waals surface area contributed by atoms with Gasteiger partial charge in [0.15, 0.2) is 11.5 Å². The molecule has 0 spiro atoms. The van der Waals surface area contributed by atoms with Gasteiger partial charge in [0, 0.05) is 0 Å². The summed E-state index contributed by atoms with van der Waals surface area (Å²) in [6, 6.07) is 5.49. The molecule has 18 heavy (non-hydrogen) atoms. The number of nitrogen functional groups attached to an aromatic ring is 1. The normalized spacial score (nSPS) is 10.2. The van der Waals surface area contributed by atoms with Crippen molar-refractivity contribution in [2.45, 2.75) is 6.92 Å². The first kappa shape index (κ1) is 12.4. The second-order valence-electron chi connectivity index (χ2n) is 3.50. The van der Waals surface area contributed by atoms with Gasteiger partial charge in [-0.05, 0) is 36.2 Å². The minimum Gasteiger partial charge on any atom is -0.493 e. The van der Waals surface area contributed by atoms with E-state index in [4.69, 9.17) is 26.8 Å². The number of methoxy groups -OCH3 is 1. The highest BCUT2D eigenvalue weighted by Crippen LogP contribution is 2.31. The summed E-state index contributed by atoms with van der Waals surface area (Å²) in [5.74, 6) is 1.05. The Bertz CT molecular complexity index is 557. The molecule has 1 aromatic carbocycles. The first-order valence-electron chi connectivity index (χ1n) is 5.08. The summed E-state index contributed by atoms with van der Waals surface area (Å²) in [4.78, 5) is 11.3. The van der Waals surface area contributed by atoms with Gasteiger partial charge in [0.25, 0.3) is 0 Å². The number of nitrogens with two attached hydrogens (primary N) is 1. The van der Waals surface area contributed by atoms with Crippen LogP contribution in [-0.2, 0) is 0 Å². The van der Waals surface area contributed by atoms with Crippen molar-refractivity contribution < 1.29 is 9.47 Å². The van der Waals surface area contributed by atoms with Crippen molar-refractivity contribution in [3.05, 3.63) is 29.0 Å². The lowest BCUT2D eigenvalue weighted by Crippen LogP contribution is -2.01. The number of benzene rings is 1. The van der Waals surface area contributed by atoms with Gasteiger partial charge in [-0.15, -0.1) is 0 Å². The molecule has 2 aromatic rings. The highest BCUT2D eigenvalue weighted by Gasteiger charge is 2.09. The van der Waals surface area contributed by atoms with Crippen LogP contribution in [0.15, 0.2) is 18.2 Å². The summed E-state index contributed by atoms with van der Waals surface area (Å²) in [5, 5.41) is -0.0245. The third kappa shape index (κ3) is 2.78. The lowest BCUT2D eigenvalue weighted by atomic mass is 10.2. The molecular formula is C11H11ClN4O2. The minimum atomic E-state index is -0.0245. The number of aromatic nitrogens is 3. The van der Waals surface area contributed by atoms with Crippen LogP contribution < -0.4 is 15.2 Å². The molecule has 0 atom stereocenters. The van der Waals surface area contributed by atoms with Crippen LogP contribution in [0.5, 0.6) is 17.5 Å². The van der Waals surface area contributed by atoms with Crippen LogP contribution in [0.25, 0.3) is 0 Å². The van der Waals surface area contributed by atoms with Crippen molar-refractivity contribution in [3.8, 4) is 17.5 Å². The second-order valence-corrected chi connectivity index (χ2v) is 3.84. The molecule has 0 saturated heterocycles. The quantitative estimate of drug-likeness (QED) is 0.917. The van der Waals surface area contributed by atoms with Crippen molar-refractivity contribution in [3.63, 3.8) is 0 Å². The summed E-state index contributed by atoms with van der Waals surface area (Å²) >= 11 is 5.66. The van der Waals surface area contributed by atoms with Crippen LogP contribution in [-0.4, -0.2) is 22.1 Å². The Balaban J connectivity index is 2.33. The molecule has 1 heterocycles. The van der Waals surface area contributed by atoms with E-state index in [1.165, 1.54) is 0 Å². The van der Waals surface area contributed by atoms with Gasteiger partial charge in [0.2, 0.25) is 11.2 Å². The van der Waals surface area contributed by atoms with Gasteiger partial charge in [-0.1, -0.05) is 6.07 Å². The average Bonchev–Trinajstić information content (AvgIpc) is 2.30. The van der Waals surface area contributed by atoms with Gasteiger partial charge in [0.05, 0.1) is 7.11 Å². The first-order chi connectivity index (χ1) is 8.58. The molecule has 6 nitrogen and oxygen atoms in total. The number of hydrogen-bond donors (Lipinski definition) is 1. The molecule has 0 unspecified atom stereocenters. The Kier molecular flexibility index (Phi) is 3.47. The van der Waals surface area contributed by atoms with Crippen LogP contribution in [0.2, 0.25) is 5.28 Å². The maximum absolute atomic E-state index is 5.66. The third-order valence-corrected chi connectivity index (χ3v) is 2.29. The molecule has 2 N–H and O–H groups in total. The predicted octanol–water partition coefficient (Wildman–Crippen LogP) is 2.22. The van der Waals surface area contributed by atoms with Crippen LogP contribution in [0.4, 0.5) is 5.95 Å². The summed E-state index contributed by atoms with van der Waals surface area (Å²) in [7, 11) is 1.55. The molecule has 1 aromatic heterocycles. The van der Waals surface area contributed by atoms with Crippen molar-refractivity contribution in [1.29, 1.82) is 0 Å². The Morgan fingerprint density at radius 3 is 2.61 bits per heavy atom. The standard InChI is InChI=1S/C11H11ClN4O2/c1-6-3-4-7(8(5-6)17-2)18-11-15-9(12)14-10(13)16-11/h3-5H,1-2H3,(H2,13,14,15,16). The van der Waals surface area contributed by atoms with Crippen LogP contribution >= 0.6 is 11.6 Å². The molecule has 0 radical (unpaired) electrons. The molecule has 0 aliphatic rings. The predicted molar refractivity (Wildman–Crippen MR) is 67.1 cm³/mol. The highest BCUT2D eigenvalue weighted by molar-refractivity contribution is 6.28. The zero-order valence-electron chi connectivity index (χ0n) is 9.85. The fraction of sp³-hybridized carbons (Fsp3) is 0.182. The van der Waals surface area contributed by atoms with Gasteiger partial charge in [-0.3, -0.25) is 0 Å². The van der Waals surface area contributed by atoms with Crippen LogP contribution in [0.3, 0.4) is 0 Å². The maximum atomic E-state index is 5.66. The van der Waals surface area contributed by atoms with E-state index >= 15 is 0 Å². The van der Waals surface area contributed by atoms with E-state index in [9.17, 15) is 0 Å². The third-order valence-electron chi connectivity index (χ3n) is 2.13. The molecule has 0 amide bonds. The van der Waals surface area contributed by atoms with Crippen molar-refractivity contribution in [2.75, 3.05) is 12.8 Å². The van der Waals surface area contributed by atoms with Gasteiger partial charge >= 0.3 is 6.01 Å². The number of aryl methyl sites for hydroxylation is 1. The fourth-order valence-corrected chi connectivity index (χ4v) is 1.51. The molecule has 0 aliphatic heterocycles. The molecule has 0 aliphatic carbocycles. The summed E-state index contributed by atoms with van der Waals surface area (Å²) in [6.45, 7) is 1.95. The van der Waals surface area contributed by atoms with Gasteiger partial charge in [0.1, 0.15) is 0 Å². The molecule has 94 valence electrons. The van der Waals surface area contributed by atoms with Crippen molar-refractivity contribution >= 4 is 17.5 Å². The molecule has 0 bridgehead atoms. The van der Waals surface area contributed by atoms with Gasteiger partial charge in [-0.2, -0.15) is 15.0 Å². The van der Waals surface area contributed by atoms with E-state index in [-0.39, 0.29) is 17.2 Å². The number of halogens is 1. The zero-order valence-corrected chi connectivity index (χ0v) is 10.6. The molecule has 0 saturated carbocycles. The Hall–Kier alpha value is -2.08. The largest absolute Gasteiger partial charge is 0.493 e. The lowest BCUT2D eigenvalue weighted by molar-refractivity contribution is 0.367. The minimum absolute atomic E-state index is 0.00363. The Morgan fingerprint density at radius 2 is 1.94 bits per heavy atom. The topological polar surface area (TPSA) is 83.2 Å². The number of rotatable bonds is 3. The Labute approximate surface area is 109 Å². The van der Waals surface area contributed by atoms with E-state index in [2.05, 4.69) is 15.0 Å². The first-order valence-corrected chi connectivity index (χ1v) is 5.46. The van der Waals surface area contributed by atoms with E-state index in [0.717, 1.165) is 5.56 Å². The summed E-state index contributed by atoms with van der Waals surface area (Å²) in [5.41, 5.74) is 6.50. The Morgan fingerprint density at radius 1 is 1.17 bits per heavy atom. The highest BCUT2D eigenvalue weighted by atomic mass is 35.5. The summed E-state index contributed by atoms with van der Waals surface area (Å²) < 4.78 is 10.7. The van der Waals surface area contributed by atoms with E-state index < -0.39 is 0 Å². The monoisotopic (exact) mass is 266 g/mol. The second kappa shape index (κ2) is 5.05. The van der Waals surface area contributed by atoms with Gasteiger partial charge < -0.3 is 15.2 Å². The smallest absolute Gasteiger partial charge is 0.328 e. The van der Waals surface area contributed by atoms with Crippen molar-refractivity contribution in [2.24, 2.45) is 0 Å². The fourth-order valence-electron chi connectivity index (χ4n) is 1.35. The molecular weight excluding hydrogens is 256 g/mol. The summed E-state index contributed by atoms with van der Waals surface area (Å²) in [6.07, 6.45) is 0. The van der Waals surface area contributed by atoms with Crippen molar-refractivity contribution in [1.82, 2.24) is 15.0 Å². The molecule has 0 fully saturated rings. The van der Waals surface area contributed by atoms with Crippen LogP contribution in [0, 0.1) is 6.92 Å². The average molecular weight is 267 g/mol. The number of nitrogens with zero attached hydrogens (tertiary/aromatic N) is 3. The SMILES string of the molecule is COc1cc(C)ccc1Oc1nc(N)nc(Cl)n1. The number of hydrogen-bond acceptors (Lipinski definition) is 6. The maximum Gasteiger partial charge on any atom is 0.328 e. The van der Waals surface area contributed by atoms with E-state index in [0.29, 0.717) is 11.5 Å². The van der Waals surface area contributed by atoms with Crippen LogP contribution in [0.1, 0.15) is 5.56 Å². The number of ether oxygens (including phenoxy) is 2. The zero-order chi connectivity index (χ0) is 13.1. The van der Waals surface area contributed by atoms with E-state index in [1.54, 1.807) is 13.2 Å². The molecule has 7 heteroatoms.